The van der Waals surface area contributed by atoms with E-state index in [1.54, 1.807) is 65.9 Å². The molecule has 0 saturated carbocycles. The van der Waals surface area contributed by atoms with Crippen LogP contribution in [-0.4, -0.2) is 73.8 Å². The van der Waals surface area contributed by atoms with Gasteiger partial charge in [-0.2, -0.15) is 0 Å². The molecule has 40 heavy (non-hydrogen) atoms. The van der Waals surface area contributed by atoms with Gasteiger partial charge in [-0.15, -0.1) is 0 Å². The van der Waals surface area contributed by atoms with Crippen molar-refractivity contribution in [3.63, 3.8) is 0 Å². The van der Waals surface area contributed by atoms with Crippen LogP contribution in [0.5, 0.6) is 11.5 Å². The number of nitrogens with one attached hydrogen (secondary N) is 2. The molecular formula is C29H41N5O6. The van der Waals surface area contributed by atoms with E-state index in [0.29, 0.717) is 42.4 Å². The van der Waals surface area contributed by atoms with Gasteiger partial charge in [0.25, 0.3) is 5.56 Å². The van der Waals surface area contributed by atoms with Crippen LogP contribution in [0.15, 0.2) is 35.4 Å². The summed E-state index contributed by atoms with van der Waals surface area (Å²) >= 11 is 0. The number of carbonyl (C=O) groups excluding carboxylic acids is 1. The predicted molar refractivity (Wildman–Crippen MR) is 156 cm³/mol. The molecule has 218 valence electrons. The van der Waals surface area contributed by atoms with Crippen molar-refractivity contribution in [1.82, 2.24) is 19.8 Å². The van der Waals surface area contributed by atoms with Gasteiger partial charge < -0.3 is 33.7 Å². The quantitative estimate of drug-likeness (QED) is 0.268. The van der Waals surface area contributed by atoms with Crippen molar-refractivity contribution >= 4 is 22.7 Å². The van der Waals surface area contributed by atoms with Gasteiger partial charge in [0.15, 0.2) is 0 Å². The van der Waals surface area contributed by atoms with E-state index < -0.39 is 17.9 Å². The number of aryl methyl sites for hydroxylation is 1. The molecule has 0 saturated heterocycles. The molecule has 0 radical (unpaired) electrons. The van der Waals surface area contributed by atoms with Crippen LogP contribution in [-0.2, 0) is 23.1 Å². The Morgan fingerprint density at radius 1 is 1.10 bits per heavy atom. The summed E-state index contributed by atoms with van der Waals surface area (Å²) in [4.78, 5) is 31.3. The smallest absolute Gasteiger partial charge is 0.409 e. The maximum absolute atomic E-state index is 12.9. The van der Waals surface area contributed by atoms with Crippen LogP contribution in [0.1, 0.15) is 33.3 Å². The minimum atomic E-state index is -0.586. The van der Waals surface area contributed by atoms with Crippen molar-refractivity contribution in [1.29, 1.82) is 0 Å². The Hall–Kier alpha value is -3.83. The monoisotopic (exact) mass is 555 g/mol. The number of carbonyl (C=O) groups is 1. The number of alkyl carbamates (subject to hydrolysis) is 1. The largest absolute Gasteiger partial charge is 0.496 e. The first-order chi connectivity index (χ1) is 18.8. The number of rotatable bonds is 11. The lowest BCUT2D eigenvalue weighted by molar-refractivity contribution is 0.0163. The van der Waals surface area contributed by atoms with E-state index in [1.165, 1.54) is 0 Å². The van der Waals surface area contributed by atoms with Crippen LogP contribution >= 0.6 is 0 Å². The van der Waals surface area contributed by atoms with Crippen molar-refractivity contribution < 1.29 is 23.7 Å². The molecule has 0 fully saturated rings. The normalized spacial score (nSPS) is 12.3. The third kappa shape index (κ3) is 7.86. The van der Waals surface area contributed by atoms with Gasteiger partial charge in [0.05, 0.1) is 31.8 Å². The Kier molecular flexibility index (Phi) is 9.99. The zero-order valence-electron chi connectivity index (χ0n) is 24.9. The maximum atomic E-state index is 12.9. The second kappa shape index (κ2) is 13.0. The van der Waals surface area contributed by atoms with Gasteiger partial charge in [-0.05, 0) is 65.6 Å². The molecule has 1 amide bonds. The molecule has 1 aromatic carbocycles. The number of fused-ring (bicyclic) bond motifs is 1. The van der Waals surface area contributed by atoms with Crippen molar-refractivity contribution in [3.8, 4) is 22.6 Å². The van der Waals surface area contributed by atoms with Gasteiger partial charge in [-0.1, -0.05) is 0 Å². The Balaban J connectivity index is 1.85. The molecule has 1 atom stereocenters. The SMILES string of the molecule is COc1cc(-c2cn(C)c(=O)c3cnc(NCCOC(C)NC(=O)OC(C)(C)C)cc23)cc(OC)c1CN(C)C. The van der Waals surface area contributed by atoms with E-state index >= 15 is 0 Å². The molecule has 0 spiro atoms. The van der Waals surface area contributed by atoms with Crippen molar-refractivity contribution in [2.75, 3.05) is 46.8 Å². The molecular weight excluding hydrogens is 514 g/mol. The van der Waals surface area contributed by atoms with Crippen molar-refractivity contribution in [2.24, 2.45) is 7.05 Å². The summed E-state index contributed by atoms with van der Waals surface area (Å²) in [5, 5.41) is 7.11. The van der Waals surface area contributed by atoms with E-state index in [0.717, 1.165) is 22.1 Å². The van der Waals surface area contributed by atoms with Gasteiger partial charge in [-0.25, -0.2) is 9.78 Å². The lowest BCUT2D eigenvalue weighted by Gasteiger charge is -2.22. The van der Waals surface area contributed by atoms with Gasteiger partial charge in [0.1, 0.15) is 29.1 Å². The van der Waals surface area contributed by atoms with E-state index in [9.17, 15) is 9.59 Å². The Labute approximate surface area is 235 Å². The third-order valence-electron chi connectivity index (χ3n) is 5.96. The first-order valence-corrected chi connectivity index (χ1v) is 13.1. The highest BCUT2D eigenvalue weighted by Crippen LogP contribution is 2.38. The van der Waals surface area contributed by atoms with Gasteiger partial charge in [0.2, 0.25) is 0 Å². The Bertz CT molecular complexity index is 1370. The molecule has 0 aliphatic heterocycles. The Morgan fingerprint density at radius 2 is 1.75 bits per heavy atom. The minimum absolute atomic E-state index is 0.147. The number of ether oxygens (including phenoxy) is 4. The lowest BCUT2D eigenvalue weighted by atomic mass is 9.98. The summed E-state index contributed by atoms with van der Waals surface area (Å²) in [6, 6.07) is 5.77. The van der Waals surface area contributed by atoms with Crippen LogP contribution in [0.3, 0.4) is 0 Å². The average molecular weight is 556 g/mol. The first-order valence-electron chi connectivity index (χ1n) is 13.1. The van der Waals surface area contributed by atoms with Gasteiger partial charge in [-0.3, -0.25) is 10.1 Å². The highest BCUT2D eigenvalue weighted by molar-refractivity contribution is 5.97. The van der Waals surface area contributed by atoms with Gasteiger partial charge >= 0.3 is 6.09 Å². The number of hydrogen-bond donors (Lipinski definition) is 2. The number of benzene rings is 1. The molecule has 3 rings (SSSR count). The van der Waals surface area contributed by atoms with Crippen LogP contribution in [0.2, 0.25) is 0 Å². The minimum Gasteiger partial charge on any atom is -0.496 e. The van der Waals surface area contributed by atoms with Gasteiger partial charge in [0, 0.05) is 43.5 Å². The number of amides is 1. The fraction of sp³-hybridized carbons (Fsp3) is 0.483. The summed E-state index contributed by atoms with van der Waals surface area (Å²) in [5.74, 6) is 1.98. The lowest BCUT2D eigenvalue weighted by Crippen LogP contribution is -2.39. The number of anilines is 1. The highest BCUT2D eigenvalue weighted by atomic mass is 16.6. The number of aromatic nitrogens is 2. The van der Waals surface area contributed by atoms with Crippen LogP contribution in [0, 0.1) is 0 Å². The fourth-order valence-corrected chi connectivity index (χ4v) is 4.23. The molecule has 11 nitrogen and oxygen atoms in total. The maximum Gasteiger partial charge on any atom is 0.409 e. The van der Waals surface area contributed by atoms with Crippen LogP contribution in [0.25, 0.3) is 21.9 Å². The van der Waals surface area contributed by atoms with Crippen LogP contribution in [0.4, 0.5) is 10.6 Å². The molecule has 11 heteroatoms. The predicted octanol–water partition coefficient (Wildman–Crippen LogP) is 3.98. The van der Waals surface area contributed by atoms with Crippen LogP contribution < -0.4 is 25.7 Å². The number of methoxy groups -OCH3 is 2. The van der Waals surface area contributed by atoms with E-state index in [2.05, 4.69) is 15.6 Å². The van der Waals surface area contributed by atoms with E-state index in [4.69, 9.17) is 18.9 Å². The zero-order chi connectivity index (χ0) is 29.6. The second-order valence-electron chi connectivity index (χ2n) is 10.8. The molecule has 2 aromatic heterocycles. The highest BCUT2D eigenvalue weighted by Gasteiger charge is 2.19. The number of pyridine rings is 2. The molecule has 0 bridgehead atoms. The van der Waals surface area contributed by atoms with Crippen molar-refractivity contribution in [3.05, 3.63) is 46.5 Å². The third-order valence-corrected chi connectivity index (χ3v) is 5.96. The summed E-state index contributed by atoms with van der Waals surface area (Å²) < 4.78 is 23.9. The second-order valence-corrected chi connectivity index (χ2v) is 10.8. The average Bonchev–Trinajstić information content (AvgIpc) is 2.87. The first kappa shape index (κ1) is 30.7. The fourth-order valence-electron chi connectivity index (χ4n) is 4.23. The molecule has 1 unspecified atom stereocenters. The standard InChI is InChI=1S/C29H41N5O6/c1-18(32-28(36)40-29(2,3)4)39-11-10-30-26-14-20-21(15-31-26)27(35)34(7)17-22(20)19-12-24(37-8)23(16-33(5)6)25(13-19)38-9/h12-15,17-18H,10-11,16H2,1-9H3,(H,30,31)(H,32,36). The zero-order valence-corrected chi connectivity index (χ0v) is 24.9. The van der Waals surface area contributed by atoms with E-state index in [-0.39, 0.29) is 5.56 Å². The summed E-state index contributed by atoms with van der Waals surface area (Å²) in [5.41, 5.74) is 1.89. The number of hydrogen-bond acceptors (Lipinski definition) is 9. The molecule has 0 aliphatic rings. The van der Waals surface area contributed by atoms with Crippen molar-refractivity contribution in [2.45, 2.75) is 46.1 Å². The summed E-state index contributed by atoms with van der Waals surface area (Å²) in [7, 11) is 8.95. The Morgan fingerprint density at radius 3 is 2.33 bits per heavy atom. The molecule has 3 aromatic rings. The summed E-state index contributed by atoms with van der Waals surface area (Å²) in [6.07, 6.45) is 2.31. The number of nitrogens with zero attached hydrogens (tertiary/aromatic N) is 3. The molecule has 2 heterocycles. The molecule has 0 aliphatic carbocycles. The molecule has 2 N–H and O–H groups in total. The summed E-state index contributed by atoms with van der Waals surface area (Å²) in [6.45, 7) is 8.51. The van der Waals surface area contributed by atoms with E-state index in [1.807, 2.05) is 37.2 Å². The topological polar surface area (TPSA) is 116 Å².